The lowest BCUT2D eigenvalue weighted by Gasteiger charge is -2.10. The number of ether oxygens (including phenoxy) is 1. The lowest BCUT2D eigenvalue weighted by Crippen LogP contribution is -2.17. The molecule has 2 heterocycles. The molecule has 7 nitrogen and oxygen atoms in total. The number of halogens is 9. The molecular weight excluding hydrogens is 571 g/mol. The maximum absolute atomic E-state index is 12.7. The van der Waals surface area contributed by atoms with E-state index in [1.54, 1.807) is 12.1 Å². The molecule has 0 unspecified atom stereocenters. The van der Waals surface area contributed by atoms with Crippen molar-refractivity contribution in [3.63, 3.8) is 0 Å². The Morgan fingerprint density at radius 2 is 1.07 bits per heavy atom. The van der Waals surface area contributed by atoms with Crippen LogP contribution in [0.3, 0.4) is 0 Å². The summed E-state index contributed by atoms with van der Waals surface area (Å²) in [6.07, 6.45) is -14.0. The van der Waals surface area contributed by atoms with Gasteiger partial charge in [0, 0.05) is 13.1 Å². The molecule has 0 saturated heterocycles. The average Bonchev–Trinajstić information content (AvgIpc) is 3.50. The summed E-state index contributed by atoms with van der Waals surface area (Å²) in [4.78, 5) is 0. The van der Waals surface area contributed by atoms with Crippen molar-refractivity contribution in [2.75, 3.05) is 0 Å². The fourth-order valence-electron chi connectivity index (χ4n) is 3.50. The van der Waals surface area contributed by atoms with Gasteiger partial charge in [0.2, 0.25) is 0 Å². The van der Waals surface area contributed by atoms with Crippen LogP contribution < -0.4 is 16.2 Å². The van der Waals surface area contributed by atoms with Crippen LogP contribution in [0.2, 0.25) is 0 Å². The van der Waals surface area contributed by atoms with Crippen LogP contribution in [0.1, 0.15) is 33.9 Å². The molecule has 0 atom stereocenters. The molecule has 0 aliphatic carbocycles. The summed E-state index contributed by atoms with van der Waals surface area (Å²) in [7, 11) is 0. The van der Waals surface area contributed by atoms with Crippen molar-refractivity contribution in [2.24, 2.45) is 11.5 Å². The van der Waals surface area contributed by atoms with Crippen LogP contribution >= 0.6 is 0 Å². The number of rotatable bonds is 5. The smallest absolute Gasteiger partial charge is 0.406 e. The van der Waals surface area contributed by atoms with Crippen molar-refractivity contribution < 1.29 is 44.3 Å². The summed E-state index contributed by atoms with van der Waals surface area (Å²) < 4.78 is 118. The van der Waals surface area contributed by atoms with E-state index in [4.69, 9.17) is 11.5 Å². The van der Waals surface area contributed by atoms with E-state index in [0.29, 0.717) is 11.4 Å². The number of aryl methyl sites for hydroxylation is 2. The molecule has 41 heavy (non-hydrogen) atoms. The zero-order valence-electron chi connectivity index (χ0n) is 21.4. The molecule has 0 aliphatic heterocycles. The van der Waals surface area contributed by atoms with Gasteiger partial charge >= 0.3 is 18.7 Å². The zero-order valence-corrected chi connectivity index (χ0v) is 21.4. The Balaban J connectivity index is 0.000000228. The topological polar surface area (TPSA) is 96.9 Å². The average molecular weight is 594 g/mol. The van der Waals surface area contributed by atoms with Gasteiger partial charge < -0.3 is 16.2 Å². The summed E-state index contributed by atoms with van der Waals surface area (Å²) in [6, 6.07) is 11.4. The molecule has 2 aromatic carbocycles. The number of nitrogens with zero attached hydrogens (tertiary/aromatic N) is 4. The highest BCUT2D eigenvalue weighted by Gasteiger charge is 2.36. The molecule has 0 amide bonds. The fraction of sp³-hybridized carbons (Fsp3) is 0.280. The van der Waals surface area contributed by atoms with E-state index < -0.39 is 35.9 Å². The number of aromatic nitrogens is 4. The minimum Gasteiger partial charge on any atom is -0.406 e. The monoisotopic (exact) mass is 594 g/mol. The SMILES string of the molecule is Cc1ccc(-n2nc(C(F)(F)F)cc2CN)cc1C.NCc1cc(C(F)(F)F)nn1-c1ccc(OC(F)(F)F)cc1. The predicted octanol–water partition coefficient (Wildman–Crippen LogP) is 6.22. The molecule has 0 aliphatic rings. The third-order valence-corrected chi connectivity index (χ3v) is 5.62. The van der Waals surface area contributed by atoms with Gasteiger partial charge in [0.15, 0.2) is 11.4 Å². The van der Waals surface area contributed by atoms with E-state index in [1.165, 1.54) is 4.68 Å². The van der Waals surface area contributed by atoms with Crippen LogP contribution in [-0.2, 0) is 25.4 Å². The first-order chi connectivity index (χ1) is 18.9. The van der Waals surface area contributed by atoms with Gasteiger partial charge in [-0.2, -0.15) is 36.5 Å². The summed E-state index contributed by atoms with van der Waals surface area (Å²) in [6.45, 7) is 3.61. The zero-order chi connectivity index (χ0) is 30.8. The van der Waals surface area contributed by atoms with Crippen LogP contribution in [0.4, 0.5) is 39.5 Å². The Bertz CT molecular complexity index is 1470. The molecule has 4 aromatic rings. The summed E-state index contributed by atoms with van der Waals surface area (Å²) in [5.41, 5.74) is 11.9. The number of alkyl halides is 9. The van der Waals surface area contributed by atoms with Gasteiger partial charge in [-0.1, -0.05) is 6.07 Å². The van der Waals surface area contributed by atoms with Crippen molar-refractivity contribution in [2.45, 2.75) is 45.7 Å². The highest BCUT2D eigenvalue weighted by atomic mass is 19.4. The van der Waals surface area contributed by atoms with E-state index in [-0.39, 0.29) is 24.5 Å². The number of benzene rings is 2. The Morgan fingerprint density at radius 3 is 1.46 bits per heavy atom. The molecule has 0 radical (unpaired) electrons. The standard InChI is InChI=1S/C13H14F3N3.C12H9F6N3O/c1-8-3-4-10(5-9(8)2)19-11(7-17)6-12(18-19)13(14,15)16;13-11(14,15)10-5-8(6-19)21(20-10)7-1-3-9(4-2-7)22-12(16,17)18/h3-6H,7,17H2,1-2H3;1-5H,6,19H2. The van der Waals surface area contributed by atoms with Crippen molar-refractivity contribution in [3.05, 3.63) is 88.5 Å². The molecular formula is C25H23F9N6O. The molecule has 0 spiro atoms. The van der Waals surface area contributed by atoms with Gasteiger partial charge in [0.25, 0.3) is 0 Å². The normalized spacial score (nSPS) is 12.2. The van der Waals surface area contributed by atoms with Crippen LogP contribution in [0.15, 0.2) is 54.6 Å². The Morgan fingerprint density at radius 1 is 0.634 bits per heavy atom. The third kappa shape index (κ3) is 8.00. The second kappa shape index (κ2) is 11.8. The van der Waals surface area contributed by atoms with Gasteiger partial charge in [-0.15, -0.1) is 13.2 Å². The number of hydrogen-bond acceptors (Lipinski definition) is 5. The van der Waals surface area contributed by atoms with Crippen LogP contribution in [-0.4, -0.2) is 25.9 Å². The molecule has 0 fully saturated rings. The minimum absolute atomic E-state index is 0.00396. The quantitative estimate of drug-likeness (QED) is 0.268. The maximum atomic E-state index is 12.7. The van der Waals surface area contributed by atoms with E-state index in [9.17, 15) is 39.5 Å². The van der Waals surface area contributed by atoms with E-state index in [2.05, 4.69) is 14.9 Å². The van der Waals surface area contributed by atoms with Gasteiger partial charge in [0.1, 0.15) is 5.75 Å². The van der Waals surface area contributed by atoms with Gasteiger partial charge in [0.05, 0.1) is 22.8 Å². The largest absolute Gasteiger partial charge is 0.573 e. The lowest BCUT2D eigenvalue weighted by atomic mass is 10.1. The molecule has 0 bridgehead atoms. The molecule has 222 valence electrons. The molecule has 0 saturated carbocycles. The Hall–Kier alpha value is -4.05. The number of hydrogen-bond donors (Lipinski definition) is 2. The fourth-order valence-corrected chi connectivity index (χ4v) is 3.50. The minimum atomic E-state index is -4.85. The van der Waals surface area contributed by atoms with Gasteiger partial charge in [-0.05, 0) is 73.5 Å². The first kappa shape index (κ1) is 31.5. The highest BCUT2D eigenvalue weighted by Crippen LogP contribution is 2.31. The first-order valence-electron chi connectivity index (χ1n) is 11.6. The summed E-state index contributed by atoms with van der Waals surface area (Å²) >= 11 is 0. The number of nitrogens with two attached hydrogens (primary N) is 2. The van der Waals surface area contributed by atoms with Gasteiger partial charge in [-0.25, -0.2) is 9.36 Å². The van der Waals surface area contributed by atoms with Crippen molar-refractivity contribution in [3.8, 4) is 17.1 Å². The molecule has 4 rings (SSSR count). The van der Waals surface area contributed by atoms with Crippen LogP contribution in [0, 0.1) is 13.8 Å². The van der Waals surface area contributed by atoms with Crippen LogP contribution in [0.25, 0.3) is 11.4 Å². The van der Waals surface area contributed by atoms with Crippen molar-refractivity contribution in [1.29, 1.82) is 0 Å². The lowest BCUT2D eigenvalue weighted by molar-refractivity contribution is -0.274. The van der Waals surface area contributed by atoms with Crippen molar-refractivity contribution in [1.82, 2.24) is 19.6 Å². The van der Waals surface area contributed by atoms with Crippen molar-refractivity contribution >= 4 is 0 Å². The summed E-state index contributed by atoms with van der Waals surface area (Å²) in [5, 5.41) is 6.98. The summed E-state index contributed by atoms with van der Waals surface area (Å²) in [5.74, 6) is -0.492. The molecule has 2 aromatic heterocycles. The highest BCUT2D eigenvalue weighted by molar-refractivity contribution is 5.41. The maximum Gasteiger partial charge on any atom is 0.573 e. The van der Waals surface area contributed by atoms with E-state index in [0.717, 1.165) is 52.2 Å². The second-order valence-electron chi connectivity index (χ2n) is 8.58. The third-order valence-electron chi connectivity index (χ3n) is 5.62. The predicted molar refractivity (Wildman–Crippen MR) is 129 cm³/mol. The van der Waals surface area contributed by atoms with Crippen LogP contribution in [0.5, 0.6) is 5.75 Å². The first-order valence-corrected chi connectivity index (χ1v) is 11.6. The van der Waals surface area contributed by atoms with Gasteiger partial charge in [-0.3, -0.25) is 0 Å². The molecule has 16 heteroatoms. The van der Waals surface area contributed by atoms with E-state index in [1.807, 2.05) is 19.9 Å². The second-order valence-corrected chi connectivity index (χ2v) is 8.58. The Kier molecular flexibility index (Phi) is 9.08. The molecule has 4 N–H and O–H groups in total. The van der Waals surface area contributed by atoms with E-state index >= 15 is 0 Å². The Labute approximate surface area is 227 Å².